The Balaban J connectivity index is 3.01. The van der Waals surface area contributed by atoms with Crippen molar-refractivity contribution in [1.82, 2.24) is 9.97 Å². The molecule has 0 saturated carbocycles. The first-order chi connectivity index (χ1) is 7.47. The van der Waals surface area contributed by atoms with Crippen LogP contribution in [0.3, 0.4) is 0 Å². The standard InChI is InChI=1S/C9H12F3N3O/c1-3-4-16-7-5-6(13-2)14-8(15-7)9(10,11)12/h5H,3-4H2,1-2H3,(H,13,14,15). The number of hydrogen-bond acceptors (Lipinski definition) is 4. The van der Waals surface area contributed by atoms with E-state index in [1.54, 1.807) is 0 Å². The number of nitrogens with zero attached hydrogens (tertiary/aromatic N) is 2. The zero-order valence-electron chi connectivity index (χ0n) is 8.93. The van der Waals surface area contributed by atoms with Gasteiger partial charge >= 0.3 is 6.18 Å². The second kappa shape index (κ2) is 5.00. The Kier molecular flexibility index (Phi) is 3.92. The Morgan fingerprint density at radius 1 is 1.38 bits per heavy atom. The van der Waals surface area contributed by atoms with Crippen molar-refractivity contribution in [2.24, 2.45) is 0 Å². The summed E-state index contributed by atoms with van der Waals surface area (Å²) in [5.74, 6) is -1.20. The molecule has 0 unspecified atom stereocenters. The van der Waals surface area contributed by atoms with E-state index in [1.807, 2.05) is 6.92 Å². The lowest BCUT2D eigenvalue weighted by Crippen LogP contribution is -2.13. The molecule has 0 spiro atoms. The maximum atomic E-state index is 12.4. The topological polar surface area (TPSA) is 47.0 Å². The van der Waals surface area contributed by atoms with Crippen LogP contribution in [0.2, 0.25) is 0 Å². The molecule has 0 radical (unpaired) electrons. The summed E-state index contributed by atoms with van der Waals surface area (Å²) in [5.41, 5.74) is 0. The lowest BCUT2D eigenvalue weighted by atomic mass is 10.5. The van der Waals surface area contributed by atoms with Gasteiger partial charge in [-0.25, -0.2) is 4.98 Å². The summed E-state index contributed by atoms with van der Waals surface area (Å²) in [6.07, 6.45) is -3.88. The molecule has 1 N–H and O–H groups in total. The van der Waals surface area contributed by atoms with Crippen LogP contribution in [0.15, 0.2) is 6.07 Å². The number of rotatable bonds is 4. The highest BCUT2D eigenvalue weighted by atomic mass is 19.4. The fourth-order valence-electron chi connectivity index (χ4n) is 0.960. The number of anilines is 1. The van der Waals surface area contributed by atoms with Crippen molar-refractivity contribution in [1.29, 1.82) is 0 Å². The van der Waals surface area contributed by atoms with Crippen LogP contribution in [0, 0.1) is 0 Å². The summed E-state index contributed by atoms with van der Waals surface area (Å²) in [7, 11) is 1.48. The van der Waals surface area contributed by atoms with Crippen LogP contribution in [0.25, 0.3) is 0 Å². The molecule has 1 heterocycles. The predicted octanol–water partition coefficient (Wildman–Crippen LogP) is 2.33. The van der Waals surface area contributed by atoms with Gasteiger partial charge in [-0.05, 0) is 6.42 Å². The van der Waals surface area contributed by atoms with Crippen molar-refractivity contribution in [3.05, 3.63) is 11.9 Å². The van der Waals surface area contributed by atoms with E-state index in [-0.39, 0.29) is 11.7 Å². The highest BCUT2D eigenvalue weighted by molar-refractivity contribution is 5.37. The van der Waals surface area contributed by atoms with Crippen LogP contribution < -0.4 is 10.1 Å². The smallest absolute Gasteiger partial charge is 0.451 e. The number of nitrogens with one attached hydrogen (secondary N) is 1. The molecule has 16 heavy (non-hydrogen) atoms. The predicted molar refractivity (Wildman–Crippen MR) is 52.4 cm³/mol. The molecule has 0 aliphatic carbocycles. The molecule has 0 aromatic carbocycles. The fraction of sp³-hybridized carbons (Fsp3) is 0.556. The first kappa shape index (κ1) is 12.5. The zero-order chi connectivity index (χ0) is 12.2. The average molecular weight is 235 g/mol. The van der Waals surface area contributed by atoms with E-state index in [9.17, 15) is 13.2 Å². The molecule has 0 atom stereocenters. The highest BCUT2D eigenvalue weighted by Gasteiger charge is 2.35. The van der Waals surface area contributed by atoms with Gasteiger partial charge in [0.25, 0.3) is 0 Å². The second-order valence-corrected chi connectivity index (χ2v) is 3.01. The molecule has 0 fully saturated rings. The molecule has 7 heteroatoms. The van der Waals surface area contributed by atoms with Crippen LogP contribution in [-0.2, 0) is 6.18 Å². The van der Waals surface area contributed by atoms with E-state index in [1.165, 1.54) is 13.1 Å². The largest absolute Gasteiger partial charge is 0.478 e. The van der Waals surface area contributed by atoms with Crippen molar-refractivity contribution < 1.29 is 17.9 Å². The molecule has 90 valence electrons. The molecule has 0 bridgehead atoms. The van der Waals surface area contributed by atoms with E-state index in [4.69, 9.17) is 4.74 Å². The number of alkyl halides is 3. The molecule has 1 aromatic rings. The summed E-state index contributed by atoms with van der Waals surface area (Å²) < 4.78 is 42.2. The van der Waals surface area contributed by atoms with E-state index < -0.39 is 12.0 Å². The Morgan fingerprint density at radius 3 is 2.56 bits per heavy atom. The van der Waals surface area contributed by atoms with Gasteiger partial charge in [-0.3, -0.25) is 0 Å². The van der Waals surface area contributed by atoms with Crippen molar-refractivity contribution in [2.45, 2.75) is 19.5 Å². The molecule has 4 nitrogen and oxygen atoms in total. The van der Waals surface area contributed by atoms with Crippen molar-refractivity contribution in [3.8, 4) is 5.88 Å². The van der Waals surface area contributed by atoms with Crippen LogP contribution in [-0.4, -0.2) is 23.6 Å². The van der Waals surface area contributed by atoms with Crippen molar-refractivity contribution >= 4 is 5.82 Å². The summed E-state index contributed by atoms with van der Waals surface area (Å²) in [5, 5.41) is 2.53. The van der Waals surface area contributed by atoms with Gasteiger partial charge in [0.2, 0.25) is 11.7 Å². The Morgan fingerprint density at radius 2 is 2.06 bits per heavy atom. The molecule has 0 aliphatic rings. The SMILES string of the molecule is CCCOc1cc(NC)nc(C(F)(F)F)n1. The van der Waals surface area contributed by atoms with Crippen molar-refractivity contribution in [2.75, 3.05) is 19.0 Å². The monoisotopic (exact) mass is 235 g/mol. The third-order valence-electron chi connectivity index (χ3n) is 1.67. The normalized spacial score (nSPS) is 11.3. The second-order valence-electron chi connectivity index (χ2n) is 3.01. The summed E-state index contributed by atoms with van der Waals surface area (Å²) >= 11 is 0. The van der Waals surface area contributed by atoms with Gasteiger partial charge in [0.05, 0.1) is 6.61 Å². The summed E-state index contributed by atoms with van der Waals surface area (Å²) in [6, 6.07) is 1.32. The van der Waals surface area contributed by atoms with E-state index in [2.05, 4.69) is 15.3 Å². The van der Waals surface area contributed by atoms with Gasteiger partial charge in [0.1, 0.15) is 5.82 Å². The zero-order valence-corrected chi connectivity index (χ0v) is 8.93. The highest BCUT2D eigenvalue weighted by Crippen LogP contribution is 2.28. The number of aromatic nitrogens is 2. The minimum Gasteiger partial charge on any atom is -0.478 e. The maximum Gasteiger partial charge on any atom is 0.451 e. The van der Waals surface area contributed by atoms with E-state index in [0.717, 1.165) is 0 Å². The Hall–Kier alpha value is -1.53. The molecular formula is C9H12F3N3O. The third kappa shape index (κ3) is 3.25. The Labute approximate surface area is 90.9 Å². The first-order valence-electron chi connectivity index (χ1n) is 4.74. The summed E-state index contributed by atoms with van der Waals surface area (Å²) in [6.45, 7) is 2.17. The van der Waals surface area contributed by atoms with Crippen LogP contribution in [0.4, 0.5) is 19.0 Å². The minimum absolute atomic E-state index is 0.0754. The quantitative estimate of drug-likeness (QED) is 0.870. The first-order valence-corrected chi connectivity index (χ1v) is 4.74. The number of ether oxygens (including phenoxy) is 1. The average Bonchev–Trinajstić information content (AvgIpc) is 2.24. The molecule has 1 aromatic heterocycles. The minimum atomic E-state index is -4.57. The van der Waals surface area contributed by atoms with Crippen molar-refractivity contribution in [3.63, 3.8) is 0 Å². The molecule has 0 aliphatic heterocycles. The molecule has 0 amide bonds. The van der Waals surface area contributed by atoms with E-state index in [0.29, 0.717) is 13.0 Å². The summed E-state index contributed by atoms with van der Waals surface area (Å²) in [4.78, 5) is 6.60. The van der Waals surface area contributed by atoms with Gasteiger partial charge in [0.15, 0.2) is 0 Å². The van der Waals surface area contributed by atoms with Gasteiger partial charge in [-0.15, -0.1) is 0 Å². The van der Waals surface area contributed by atoms with Crippen LogP contribution in [0.1, 0.15) is 19.2 Å². The third-order valence-corrected chi connectivity index (χ3v) is 1.67. The fourth-order valence-corrected chi connectivity index (χ4v) is 0.960. The van der Waals surface area contributed by atoms with Crippen LogP contribution in [0.5, 0.6) is 5.88 Å². The van der Waals surface area contributed by atoms with Gasteiger partial charge in [-0.2, -0.15) is 18.2 Å². The maximum absolute atomic E-state index is 12.4. The van der Waals surface area contributed by atoms with Crippen LogP contribution >= 0.6 is 0 Å². The molecule has 0 saturated heterocycles. The lowest BCUT2D eigenvalue weighted by Gasteiger charge is -2.10. The van der Waals surface area contributed by atoms with Gasteiger partial charge in [0, 0.05) is 13.1 Å². The molecule has 1 rings (SSSR count). The van der Waals surface area contributed by atoms with Gasteiger partial charge < -0.3 is 10.1 Å². The van der Waals surface area contributed by atoms with Gasteiger partial charge in [-0.1, -0.05) is 6.92 Å². The number of halogens is 3. The lowest BCUT2D eigenvalue weighted by molar-refractivity contribution is -0.145. The van der Waals surface area contributed by atoms with E-state index >= 15 is 0 Å². The molecular weight excluding hydrogens is 223 g/mol. The Bertz CT molecular complexity index is 354. The number of hydrogen-bond donors (Lipinski definition) is 1.